The highest BCUT2D eigenvalue weighted by atomic mass is 31.2. The van der Waals surface area contributed by atoms with Gasteiger partial charge in [-0.15, -0.1) is 0 Å². The van der Waals surface area contributed by atoms with Crippen molar-refractivity contribution in [3.8, 4) is 0 Å². The zero-order valence-corrected chi connectivity index (χ0v) is 11.4. The van der Waals surface area contributed by atoms with Crippen LogP contribution < -0.4 is 0 Å². The van der Waals surface area contributed by atoms with E-state index in [0.717, 1.165) is 0 Å². The van der Waals surface area contributed by atoms with Gasteiger partial charge in [0.2, 0.25) is 0 Å². The van der Waals surface area contributed by atoms with E-state index >= 15 is 0 Å². The number of hydrogen-bond acceptors (Lipinski definition) is 4. The Bertz CT molecular complexity index is 520. The lowest BCUT2D eigenvalue weighted by atomic mass is 10.1. The molecule has 0 aromatic heterocycles. The maximum Gasteiger partial charge on any atom is 0.361 e. The molecule has 0 spiro atoms. The van der Waals surface area contributed by atoms with Gasteiger partial charge in [0.1, 0.15) is 0 Å². The van der Waals surface area contributed by atoms with Crippen molar-refractivity contribution in [1.29, 1.82) is 0 Å². The fourth-order valence-electron chi connectivity index (χ4n) is 1.48. The topological polar surface area (TPSA) is 156 Å². The van der Waals surface area contributed by atoms with Crippen LogP contribution in [0.25, 0.3) is 0 Å². The molecule has 6 N–H and O–H groups in total. The van der Waals surface area contributed by atoms with Crippen LogP contribution in [0.4, 0.5) is 0 Å². The van der Waals surface area contributed by atoms with E-state index in [1.54, 1.807) is 0 Å². The minimum Gasteiger partial charge on any atom is -0.380 e. The van der Waals surface area contributed by atoms with E-state index in [2.05, 4.69) is 0 Å². The minimum atomic E-state index is -5.18. The van der Waals surface area contributed by atoms with Gasteiger partial charge in [0, 0.05) is 6.42 Å². The van der Waals surface area contributed by atoms with Gasteiger partial charge < -0.3 is 29.8 Å². The molecule has 1 aromatic carbocycles. The van der Waals surface area contributed by atoms with Crippen LogP contribution in [0.15, 0.2) is 30.3 Å². The fourth-order valence-corrected chi connectivity index (χ4v) is 3.03. The Morgan fingerprint density at radius 1 is 1.05 bits per heavy atom. The molecule has 0 aliphatic carbocycles. The predicted molar refractivity (Wildman–Crippen MR) is 65.1 cm³/mol. The Morgan fingerprint density at radius 3 is 1.89 bits per heavy atom. The smallest absolute Gasteiger partial charge is 0.361 e. The standard InChI is InChI=1S/C9H14O8P2/c10-8(18(12,13)14)6-9(11,19(15,16)17)7-4-2-1-3-5-7/h1-5,8,10-11H,6H2,(H2,12,13,14)(H2,15,16,17). The molecule has 0 bridgehead atoms. The Balaban J connectivity index is 3.24. The first-order valence-electron chi connectivity index (χ1n) is 5.05. The lowest BCUT2D eigenvalue weighted by molar-refractivity contribution is 0.0444. The van der Waals surface area contributed by atoms with E-state index in [1.165, 1.54) is 30.3 Å². The van der Waals surface area contributed by atoms with Gasteiger partial charge in [-0.05, 0) is 5.56 Å². The fraction of sp³-hybridized carbons (Fsp3) is 0.333. The first kappa shape index (κ1) is 16.5. The second-order valence-electron chi connectivity index (χ2n) is 4.00. The average Bonchev–Trinajstić information content (AvgIpc) is 2.27. The summed E-state index contributed by atoms with van der Waals surface area (Å²) >= 11 is 0. The van der Waals surface area contributed by atoms with E-state index in [4.69, 9.17) is 9.79 Å². The maximum absolute atomic E-state index is 11.4. The summed E-state index contributed by atoms with van der Waals surface area (Å²) in [5.74, 6) is -2.38. The summed E-state index contributed by atoms with van der Waals surface area (Å²) in [4.78, 5) is 35.9. The molecule has 108 valence electrons. The molecule has 0 radical (unpaired) electrons. The van der Waals surface area contributed by atoms with Crippen molar-refractivity contribution in [2.45, 2.75) is 17.6 Å². The summed E-state index contributed by atoms with van der Waals surface area (Å²) in [6.07, 6.45) is -1.19. The van der Waals surface area contributed by atoms with E-state index in [0.29, 0.717) is 0 Å². The molecular formula is C9H14O8P2. The normalized spacial score (nSPS) is 17.8. The second-order valence-corrected chi connectivity index (χ2v) is 7.60. The molecule has 0 aliphatic rings. The number of aliphatic hydroxyl groups is 2. The lowest BCUT2D eigenvalue weighted by Crippen LogP contribution is -2.31. The Hall–Kier alpha value is -0.560. The Kier molecular flexibility index (Phi) is 4.72. The van der Waals surface area contributed by atoms with E-state index < -0.39 is 32.8 Å². The minimum absolute atomic E-state index is 0.240. The Labute approximate surface area is 108 Å². The summed E-state index contributed by atoms with van der Waals surface area (Å²) in [7, 11) is -10.2. The van der Waals surface area contributed by atoms with Gasteiger partial charge in [-0.1, -0.05) is 30.3 Å². The summed E-state index contributed by atoms with van der Waals surface area (Å²) in [6.45, 7) is 0. The third-order valence-electron chi connectivity index (χ3n) is 2.57. The van der Waals surface area contributed by atoms with Crippen molar-refractivity contribution in [1.82, 2.24) is 0 Å². The van der Waals surface area contributed by atoms with Gasteiger partial charge in [-0.25, -0.2) is 0 Å². The molecule has 2 atom stereocenters. The second kappa shape index (κ2) is 5.44. The average molecular weight is 312 g/mol. The van der Waals surface area contributed by atoms with Gasteiger partial charge in [0.05, 0.1) is 0 Å². The van der Waals surface area contributed by atoms with Gasteiger partial charge in [0.15, 0.2) is 11.2 Å². The molecule has 0 heterocycles. The van der Waals surface area contributed by atoms with Crippen LogP contribution >= 0.6 is 15.2 Å². The molecular weight excluding hydrogens is 298 g/mol. The van der Waals surface area contributed by atoms with Gasteiger partial charge in [-0.2, -0.15) is 0 Å². The van der Waals surface area contributed by atoms with Gasteiger partial charge in [-0.3, -0.25) is 9.13 Å². The van der Waals surface area contributed by atoms with Crippen LogP contribution in [0.1, 0.15) is 12.0 Å². The molecule has 0 amide bonds. The summed E-state index contributed by atoms with van der Waals surface area (Å²) in [5.41, 5.74) is -0.240. The SMILES string of the molecule is O=P(O)(O)C(O)CC(O)(c1ccccc1)P(=O)(O)O. The van der Waals surface area contributed by atoms with Crippen LogP contribution in [0.3, 0.4) is 0 Å². The van der Waals surface area contributed by atoms with Crippen molar-refractivity contribution in [3.05, 3.63) is 35.9 Å². The molecule has 0 saturated carbocycles. The van der Waals surface area contributed by atoms with Crippen molar-refractivity contribution in [2.75, 3.05) is 0 Å². The van der Waals surface area contributed by atoms with Crippen LogP contribution in [0, 0.1) is 0 Å². The molecule has 0 fully saturated rings. The van der Waals surface area contributed by atoms with Gasteiger partial charge in [0.25, 0.3) is 0 Å². The largest absolute Gasteiger partial charge is 0.380 e. The zero-order chi connectivity index (χ0) is 14.9. The quantitative estimate of drug-likeness (QED) is 0.411. The zero-order valence-electron chi connectivity index (χ0n) is 9.57. The number of aliphatic hydroxyl groups excluding tert-OH is 1. The molecule has 2 unspecified atom stereocenters. The van der Waals surface area contributed by atoms with Crippen LogP contribution in [-0.4, -0.2) is 35.6 Å². The summed E-state index contributed by atoms with van der Waals surface area (Å²) < 4.78 is 22.2. The summed E-state index contributed by atoms with van der Waals surface area (Å²) in [6, 6.07) is 6.68. The summed E-state index contributed by atoms with van der Waals surface area (Å²) in [5, 5.41) is 16.5. The first-order valence-corrected chi connectivity index (χ1v) is 8.35. The molecule has 10 heteroatoms. The van der Waals surface area contributed by atoms with Crippen molar-refractivity contribution >= 4 is 15.2 Å². The Morgan fingerprint density at radius 2 is 1.53 bits per heavy atom. The van der Waals surface area contributed by atoms with Crippen molar-refractivity contribution in [3.63, 3.8) is 0 Å². The molecule has 19 heavy (non-hydrogen) atoms. The third kappa shape index (κ3) is 3.72. The molecule has 0 aliphatic heterocycles. The highest BCUT2D eigenvalue weighted by Crippen LogP contribution is 2.60. The highest BCUT2D eigenvalue weighted by Gasteiger charge is 2.50. The van der Waals surface area contributed by atoms with Crippen LogP contribution in [0.5, 0.6) is 0 Å². The maximum atomic E-state index is 11.4. The predicted octanol–water partition coefficient (Wildman–Crippen LogP) is -0.104. The molecule has 1 aromatic rings. The molecule has 0 saturated heterocycles. The third-order valence-corrected chi connectivity index (χ3v) is 4.94. The number of hydrogen-bond donors (Lipinski definition) is 6. The highest BCUT2D eigenvalue weighted by molar-refractivity contribution is 7.53. The number of benzene rings is 1. The van der Waals surface area contributed by atoms with E-state index in [-0.39, 0.29) is 5.56 Å². The molecule has 1 rings (SSSR count). The van der Waals surface area contributed by atoms with E-state index in [1.807, 2.05) is 0 Å². The van der Waals surface area contributed by atoms with Crippen LogP contribution in [0.2, 0.25) is 0 Å². The van der Waals surface area contributed by atoms with Gasteiger partial charge >= 0.3 is 15.2 Å². The first-order chi connectivity index (χ1) is 8.48. The van der Waals surface area contributed by atoms with Crippen LogP contribution in [-0.2, 0) is 14.5 Å². The monoisotopic (exact) mass is 312 g/mol. The van der Waals surface area contributed by atoms with E-state index in [9.17, 15) is 29.1 Å². The van der Waals surface area contributed by atoms with Crippen molar-refractivity contribution < 1.29 is 38.9 Å². The lowest BCUT2D eigenvalue weighted by Gasteiger charge is -2.31. The van der Waals surface area contributed by atoms with Crippen molar-refractivity contribution in [2.24, 2.45) is 0 Å². The molecule has 8 nitrogen and oxygen atoms in total. The number of rotatable bonds is 5.